The Bertz CT molecular complexity index is 379. The summed E-state index contributed by atoms with van der Waals surface area (Å²) in [5.74, 6) is 0.480. The van der Waals surface area contributed by atoms with Crippen LogP contribution in [0, 0.1) is 5.92 Å². The average Bonchev–Trinajstić information content (AvgIpc) is 2.42. The van der Waals surface area contributed by atoms with E-state index < -0.39 is 0 Å². The molecule has 1 saturated heterocycles. The largest absolute Gasteiger partial charge is 0.324 e. The van der Waals surface area contributed by atoms with Crippen molar-refractivity contribution in [2.24, 2.45) is 11.7 Å². The lowest BCUT2D eigenvalue weighted by molar-refractivity contribution is 0.0833. The Labute approximate surface area is 117 Å². The topological polar surface area (TPSA) is 32.5 Å². The molecule has 2 N–H and O–H groups in total. The Kier molecular flexibility index (Phi) is 4.97. The molecule has 1 aliphatic heterocycles. The van der Waals surface area contributed by atoms with Gasteiger partial charge in [0.1, 0.15) is 0 Å². The van der Waals surface area contributed by atoms with Gasteiger partial charge in [0.25, 0.3) is 0 Å². The summed E-state index contributed by atoms with van der Waals surface area (Å²) in [5.41, 5.74) is 7.64. The minimum absolute atomic E-state index is 0.132. The van der Waals surface area contributed by atoms with Crippen LogP contribution < -0.4 is 5.73 Å². The zero-order chi connectivity index (χ0) is 13.8. The zero-order valence-electron chi connectivity index (χ0n) is 12.4. The van der Waals surface area contributed by atoms with Gasteiger partial charge in [0.15, 0.2) is 0 Å². The molecule has 1 aromatic rings. The van der Waals surface area contributed by atoms with Gasteiger partial charge >= 0.3 is 0 Å². The third-order valence-corrected chi connectivity index (χ3v) is 4.29. The van der Waals surface area contributed by atoms with Crippen LogP contribution in [-0.4, -0.2) is 49.1 Å². The normalized spacial score (nSPS) is 25.2. The van der Waals surface area contributed by atoms with Crippen molar-refractivity contribution in [2.75, 3.05) is 33.2 Å². The molecule has 0 aliphatic carbocycles. The monoisotopic (exact) mass is 261 g/mol. The van der Waals surface area contributed by atoms with Crippen LogP contribution in [0.15, 0.2) is 30.3 Å². The van der Waals surface area contributed by atoms with Gasteiger partial charge in [-0.15, -0.1) is 0 Å². The number of hydrogen-bond donors (Lipinski definition) is 1. The van der Waals surface area contributed by atoms with E-state index in [0.717, 1.165) is 26.2 Å². The van der Waals surface area contributed by atoms with Crippen LogP contribution in [0.25, 0.3) is 0 Å². The van der Waals surface area contributed by atoms with Gasteiger partial charge in [-0.2, -0.15) is 0 Å². The molecule has 106 valence electrons. The van der Waals surface area contributed by atoms with Gasteiger partial charge in [-0.25, -0.2) is 0 Å². The lowest BCUT2D eigenvalue weighted by Gasteiger charge is -2.40. The Hall–Kier alpha value is -0.900. The van der Waals surface area contributed by atoms with E-state index in [1.165, 1.54) is 5.56 Å². The number of nitrogens with zero attached hydrogens (tertiary/aromatic N) is 2. The molecule has 19 heavy (non-hydrogen) atoms. The van der Waals surface area contributed by atoms with E-state index in [4.69, 9.17) is 5.73 Å². The zero-order valence-corrected chi connectivity index (χ0v) is 12.4. The van der Waals surface area contributed by atoms with Crippen LogP contribution in [0.5, 0.6) is 0 Å². The van der Waals surface area contributed by atoms with Crippen LogP contribution in [0.4, 0.5) is 0 Å². The van der Waals surface area contributed by atoms with Gasteiger partial charge < -0.3 is 10.6 Å². The molecule has 0 radical (unpaired) electrons. The SMILES string of the molecule is CC(CN1CCN(C)CC1C)C(N)c1ccccc1. The van der Waals surface area contributed by atoms with Crippen molar-refractivity contribution in [1.82, 2.24) is 9.80 Å². The van der Waals surface area contributed by atoms with E-state index in [1.54, 1.807) is 0 Å². The number of benzene rings is 1. The molecule has 0 saturated carbocycles. The quantitative estimate of drug-likeness (QED) is 0.899. The van der Waals surface area contributed by atoms with E-state index in [-0.39, 0.29) is 6.04 Å². The minimum atomic E-state index is 0.132. The molecule has 0 amide bonds. The first-order chi connectivity index (χ1) is 9.08. The van der Waals surface area contributed by atoms with E-state index in [2.05, 4.69) is 55.0 Å². The van der Waals surface area contributed by atoms with Crippen LogP contribution in [0.3, 0.4) is 0 Å². The highest BCUT2D eigenvalue weighted by Gasteiger charge is 2.25. The Morgan fingerprint density at radius 1 is 1.26 bits per heavy atom. The highest BCUT2D eigenvalue weighted by atomic mass is 15.3. The molecule has 3 nitrogen and oxygen atoms in total. The summed E-state index contributed by atoms with van der Waals surface area (Å²) < 4.78 is 0. The van der Waals surface area contributed by atoms with E-state index in [1.807, 2.05) is 6.07 Å². The Balaban J connectivity index is 1.92. The van der Waals surface area contributed by atoms with Crippen molar-refractivity contribution >= 4 is 0 Å². The molecule has 3 atom stereocenters. The fourth-order valence-electron chi connectivity index (χ4n) is 2.94. The third kappa shape index (κ3) is 3.78. The molecule has 0 spiro atoms. The second kappa shape index (κ2) is 6.51. The van der Waals surface area contributed by atoms with Crippen LogP contribution in [0.2, 0.25) is 0 Å². The van der Waals surface area contributed by atoms with Crippen LogP contribution >= 0.6 is 0 Å². The highest BCUT2D eigenvalue weighted by Crippen LogP contribution is 2.21. The molecular formula is C16H27N3. The van der Waals surface area contributed by atoms with Gasteiger partial charge in [-0.1, -0.05) is 37.3 Å². The van der Waals surface area contributed by atoms with E-state index in [9.17, 15) is 0 Å². The van der Waals surface area contributed by atoms with Gasteiger partial charge in [-0.3, -0.25) is 4.90 Å². The van der Waals surface area contributed by atoms with Crippen molar-refractivity contribution < 1.29 is 0 Å². The van der Waals surface area contributed by atoms with Crippen molar-refractivity contribution in [3.05, 3.63) is 35.9 Å². The van der Waals surface area contributed by atoms with Gasteiger partial charge in [-0.05, 0) is 25.5 Å². The summed E-state index contributed by atoms with van der Waals surface area (Å²) in [5, 5.41) is 0. The summed E-state index contributed by atoms with van der Waals surface area (Å²) in [6, 6.07) is 11.2. The van der Waals surface area contributed by atoms with Gasteiger partial charge in [0.2, 0.25) is 0 Å². The molecule has 1 fully saturated rings. The van der Waals surface area contributed by atoms with Gasteiger partial charge in [0, 0.05) is 38.3 Å². The fraction of sp³-hybridized carbons (Fsp3) is 0.625. The number of nitrogens with two attached hydrogens (primary N) is 1. The van der Waals surface area contributed by atoms with Crippen molar-refractivity contribution in [3.8, 4) is 0 Å². The predicted molar refractivity (Wildman–Crippen MR) is 81.1 cm³/mol. The molecule has 1 aliphatic rings. The first kappa shape index (κ1) is 14.5. The van der Waals surface area contributed by atoms with Crippen LogP contribution in [0.1, 0.15) is 25.5 Å². The molecular weight excluding hydrogens is 234 g/mol. The molecule has 0 aromatic heterocycles. The third-order valence-electron chi connectivity index (χ3n) is 4.29. The molecule has 2 rings (SSSR count). The fourth-order valence-corrected chi connectivity index (χ4v) is 2.94. The molecule has 0 bridgehead atoms. The predicted octanol–water partition coefficient (Wildman–Crippen LogP) is 1.96. The lowest BCUT2D eigenvalue weighted by Crippen LogP contribution is -2.52. The maximum Gasteiger partial charge on any atom is 0.0333 e. The summed E-state index contributed by atoms with van der Waals surface area (Å²) in [7, 11) is 2.20. The maximum atomic E-state index is 6.39. The summed E-state index contributed by atoms with van der Waals surface area (Å²) >= 11 is 0. The molecule has 3 heteroatoms. The summed E-state index contributed by atoms with van der Waals surface area (Å²) in [6.07, 6.45) is 0. The van der Waals surface area contributed by atoms with Crippen molar-refractivity contribution in [1.29, 1.82) is 0 Å². The van der Waals surface area contributed by atoms with E-state index in [0.29, 0.717) is 12.0 Å². The first-order valence-electron chi connectivity index (χ1n) is 7.31. The van der Waals surface area contributed by atoms with E-state index >= 15 is 0 Å². The van der Waals surface area contributed by atoms with Crippen molar-refractivity contribution in [2.45, 2.75) is 25.9 Å². The second-order valence-electron chi connectivity index (χ2n) is 6.02. The number of rotatable bonds is 4. The molecule has 1 aromatic carbocycles. The highest BCUT2D eigenvalue weighted by molar-refractivity contribution is 5.19. The lowest BCUT2D eigenvalue weighted by atomic mass is 9.94. The van der Waals surface area contributed by atoms with Crippen molar-refractivity contribution in [3.63, 3.8) is 0 Å². The molecule has 3 unspecified atom stereocenters. The Morgan fingerprint density at radius 2 is 1.95 bits per heavy atom. The smallest absolute Gasteiger partial charge is 0.0333 e. The van der Waals surface area contributed by atoms with Crippen LogP contribution in [-0.2, 0) is 0 Å². The summed E-state index contributed by atoms with van der Waals surface area (Å²) in [4.78, 5) is 4.98. The number of hydrogen-bond acceptors (Lipinski definition) is 3. The average molecular weight is 261 g/mol. The Morgan fingerprint density at radius 3 is 2.58 bits per heavy atom. The second-order valence-corrected chi connectivity index (χ2v) is 6.02. The standard InChI is InChI=1S/C16H27N3/c1-13(16(17)15-7-5-4-6-8-15)11-19-10-9-18(3)12-14(19)2/h4-8,13-14,16H,9-12,17H2,1-3H3. The minimum Gasteiger partial charge on any atom is -0.324 e. The first-order valence-corrected chi connectivity index (χ1v) is 7.31. The van der Waals surface area contributed by atoms with Gasteiger partial charge in [0.05, 0.1) is 0 Å². The number of likely N-dealkylation sites (N-methyl/N-ethyl adjacent to an activating group) is 1. The maximum absolute atomic E-state index is 6.39. The number of piperazine rings is 1. The summed E-state index contributed by atoms with van der Waals surface area (Å²) in [6.45, 7) is 9.15. The molecule has 1 heterocycles.